The van der Waals surface area contributed by atoms with Gasteiger partial charge in [-0.3, -0.25) is 9.59 Å². The topological polar surface area (TPSA) is 60.3 Å². The molecule has 0 aliphatic rings. The van der Waals surface area contributed by atoms with E-state index in [1.165, 1.54) is 10.8 Å². The molecule has 4 aromatic rings. The van der Waals surface area contributed by atoms with Gasteiger partial charge in [0.05, 0.1) is 18.0 Å². The second-order valence-electron chi connectivity index (χ2n) is 7.27. The largest absolute Gasteiger partial charge is 0.497 e. The Kier molecular flexibility index (Phi) is 5.98. The van der Waals surface area contributed by atoms with Gasteiger partial charge in [0, 0.05) is 19.3 Å². The maximum Gasteiger partial charge on any atom is 0.257 e. The number of hydrogen-bond donors (Lipinski definition) is 1. The number of carbonyl (C=O) groups is 1. The summed E-state index contributed by atoms with van der Waals surface area (Å²) in [6.07, 6.45) is 1.28. The highest BCUT2D eigenvalue weighted by molar-refractivity contribution is 5.97. The van der Waals surface area contributed by atoms with Crippen molar-refractivity contribution in [1.82, 2.24) is 9.88 Å². The lowest BCUT2D eigenvalue weighted by Crippen LogP contribution is -2.30. The first-order chi connectivity index (χ1) is 15.5. The van der Waals surface area contributed by atoms with Crippen LogP contribution in [0.2, 0.25) is 0 Å². The molecule has 0 fully saturated rings. The van der Waals surface area contributed by atoms with Crippen LogP contribution in [0.4, 0.5) is 8.78 Å². The first kappa shape index (κ1) is 21.2. The average Bonchev–Trinajstić information content (AvgIpc) is 2.82. The lowest BCUT2D eigenvalue weighted by molar-refractivity contribution is 0.0949. The fourth-order valence-electron chi connectivity index (χ4n) is 3.54. The molecule has 162 valence electrons. The molecule has 1 amide bonds. The van der Waals surface area contributed by atoms with E-state index in [1.807, 2.05) is 30.3 Å². The minimum atomic E-state index is -0.882. The Bertz CT molecular complexity index is 1330. The molecular formula is C25H20F2N2O3. The third kappa shape index (κ3) is 4.23. The summed E-state index contributed by atoms with van der Waals surface area (Å²) in [6.45, 7) is 0.321. The standard InChI is InChI=1S/C25H20F2N2O3/c1-32-18-9-7-17(8-10-18)14-29-15-19(25(31)28-13-16-5-3-2-4-6-16)24(30)22-20(26)11-12-21(27)23(22)29/h2-12,15H,13-14H2,1H3,(H,28,31). The van der Waals surface area contributed by atoms with Crippen molar-refractivity contribution in [3.63, 3.8) is 0 Å². The van der Waals surface area contributed by atoms with E-state index in [0.29, 0.717) is 5.75 Å². The molecule has 0 aliphatic heterocycles. The summed E-state index contributed by atoms with van der Waals surface area (Å²) >= 11 is 0. The van der Waals surface area contributed by atoms with Crippen LogP contribution in [-0.2, 0) is 13.1 Å². The number of hydrogen-bond acceptors (Lipinski definition) is 3. The normalized spacial score (nSPS) is 10.8. The number of nitrogens with one attached hydrogen (secondary N) is 1. The number of amides is 1. The van der Waals surface area contributed by atoms with Crippen LogP contribution in [0.3, 0.4) is 0 Å². The first-order valence-electron chi connectivity index (χ1n) is 9.94. The fraction of sp³-hybridized carbons (Fsp3) is 0.120. The van der Waals surface area contributed by atoms with Crippen LogP contribution in [0.5, 0.6) is 5.75 Å². The molecule has 0 saturated heterocycles. The highest BCUT2D eigenvalue weighted by Crippen LogP contribution is 2.21. The van der Waals surface area contributed by atoms with Crippen LogP contribution >= 0.6 is 0 Å². The number of ether oxygens (including phenoxy) is 1. The number of rotatable bonds is 6. The molecule has 32 heavy (non-hydrogen) atoms. The maximum atomic E-state index is 14.7. The molecule has 0 saturated carbocycles. The van der Waals surface area contributed by atoms with Crippen molar-refractivity contribution in [3.05, 3.63) is 111 Å². The van der Waals surface area contributed by atoms with Crippen molar-refractivity contribution in [2.75, 3.05) is 7.11 Å². The van der Waals surface area contributed by atoms with E-state index in [-0.39, 0.29) is 24.2 Å². The highest BCUT2D eigenvalue weighted by atomic mass is 19.1. The zero-order valence-electron chi connectivity index (χ0n) is 17.3. The Labute approximate surface area is 182 Å². The van der Waals surface area contributed by atoms with Crippen LogP contribution < -0.4 is 15.5 Å². The minimum Gasteiger partial charge on any atom is -0.497 e. The molecule has 7 heteroatoms. The Balaban J connectivity index is 1.77. The maximum absolute atomic E-state index is 14.7. The molecule has 1 aromatic heterocycles. The highest BCUT2D eigenvalue weighted by Gasteiger charge is 2.20. The number of methoxy groups -OCH3 is 1. The average molecular weight is 434 g/mol. The monoisotopic (exact) mass is 434 g/mol. The molecule has 5 nitrogen and oxygen atoms in total. The molecule has 3 aromatic carbocycles. The van der Waals surface area contributed by atoms with Crippen LogP contribution in [-0.4, -0.2) is 17.6 Å². The van der Waals surface area contributed by atoms with E-state index >= 15 is 0 Å². The summed E-state index contributed by atoms with van der Waals surface area (Å²) < 4.78 is 35.8. The summed E-state index contributed by atoms with van der Waals surface area (Å²) in [5.41, 5.74) is 0.304. The molecule has 0 atom stereocenters. The second kappa shape index (κ2) is 9.01. The van der Waals surface area contributed by atoms with E-state index in [1.54, 1.807) is 31.4 Å². The van der Waals surface area contributed by atoms with Crippen LogP contribution in [0, 0.1) is 11.6 Å². The van der Waals surface area contributed by atoms with E-state index in [4.69, 9.17) is 4.74 Å². The van der Waals surface area contributed by atoms with E-state index in [2.05, 4.69) is 5.32 Å². The fourth-order valence-corrected chi connectivity index (χ4v) is 3.54. The van der Waals surface area contributed by atoms with E-state index in [9.17, 15) is 18.4 Å². The molecule has 0 aliphatic carbocycles. The van der Waals surface area contributed by atoms with Gasteiger partial charge in [-0.25, -0.2) is 8.78 Å². The van der Waals surface area contributed by atoms with Gasteiger partial charge in [-0.1, -0.05) is 42.5 Å². The number of aromatic nitrogens is 1. The second-order valence-corrected chi connectivity index (χ2v) is 7.27. The van der Waals surface area contributed by atoms with Gasteiger partial charge in [-0.05, 0) is 35.4 Å². The van der Waals surface area contributed by atoms with E-state index in [0.717, 1.165) is 23.3 Å². The molecular weight excluding hydrogens is 414 g/mol. The summed E-state index contributed by atoms with van der Waals surface area (Å²) in [5, 5.41) is 2.22. The van der Waals surface area contributed by atoms with Crippen molar-refractivity contribution in [1.29, 1.82) is 0 Å². The van der Waals surface area contributed by atoms with Gasteiger partial charge in [0.25, 0.3) is 5.91 Å². The minimum absolute atomic E-state index is 0.125. The Morgan fingerprint density at radius 1 is 0.938 bits per heavy atom. The molecule has 0 bridgehead atoms. The lowest BCUT2D eigenvalue weighted by Gasteiger charge is -2.15. The van der Waals surface area contributed by atoms with Crippen molar-refractivity contribution in [2.24, 2.45) is 0 Å². The Morgan fingerprint density at radius 3 is 2.31 bits per heavy atom. The zero-order valence-corrected chi connectivity index (χ0v) is 17.3. The molecule has 0 spiro atoms. The van der Waals surface area contributed by atoms with Crippen molar-refractivity contribution in [2.45, 2.75) is 13.1 Å². The molecule has 4 rings (SSSR count). The van der Waals surface area contributed by atoms with E-state index < -0.39 is 28.4 Å². The number of pyridine rings is 1. The van der Waals surface area contributed by atoms with Crippen LogP contribution in [0.15, 0.2) is 77.7 Å². The van der Waals surface area contributed by atoms with Gasteiger partial charge in [-0.2, -0.15) is 0 Å². The van der Waals surface area contributed by atoms with Crippen molar-refractivity contribution in [3.8, 4) is 5.75 Å². The summed E-state index contributed by atoms with van der Waals surface area (Å²) in [5.74, 6) is -1.64. The first-order valence-corrected chi connectivity index (χ1v) is 9.94. The number of halogens is 2. The van der Waals surface area contributed by atoms with Gasteiger partial charge in [0.15, 0.2) is 0 Å². The zero-order chi connectivity index (χ0) is 22.7. The van der Waals surface area contributed by atoms with Gasteiger partial charge >= 0.3 is 0 Å². The lowest BCUT2D eigenvalue weighted by atomic mass is 10.1. The quantitative estimate of drug-likeness (QED) is 0.493. The van der Waals surface area contributed by atoms with Crippen molar-refractivity contribution >= 4 is 16.8 Å². The third-order valence-electron chi connectivity index (χ3n) is 5.17. The number of fused-ring (bicyclic) bond motifs is 1. The number of benzene rings is 3. The predicted octanol–water partition coefficient (Wildman–Crippen LogP) is 4.27. The molecule has 1 N–H and O–H groups in total. The summed E-state index contributed by atoms with van der Waals surface area (Å²) in [7, 11) is 1.54. The van der Waals surface area contributed by atoms with Gasteiger partial charge in [0.1, 0.15) is 22.9 Å². The predicted molar refractivity (Wildman–Crippen MR) is 118 cm³/mol. The Morgan fingerprint density at radius 2 is 1.62 bits per heavy atom. The summed E-state index contributed by atoms with van der Waals surface area (Å²) in [4.78, 5) is 25.8. The van der Waals surface area contributed by atoms with Gasteiger partial charge in [-0.15, -0.1) is 0 Å². The van der Waals surface area contributed by atoms with Crippen LogP contribution in [0.25, 0.3) is 10.9 Å². The van der Waals surface area contributed by atoms with Gasteiger partial charge in [0.2, 0.25) is 5.43 Å². The number of nitrogens with zero attached hydrogens (tertiary/aromatic N) is 1. The Hall–Kier alpha value is -4.00. The van der Waals surface area contributed by atoms with Gasteiger partial charge < -0.3 is 14.6 Å². The van der Waals surface area contributed by atoms with Crippen molar-refractivity contribution < 1.29 is 18.3 Å². The molecule has 1 heterocycles. The smallest absolute Gasteiger partial charge is 0.257 e. The SMILES string of the molecule is COc1ccc(Cn2cc(C(=O)NCc3ccccc3)c(=O)c3c(F)ccc(F)c32)cc1. The summed E-state index contributed by atoms with van der Waals surface area (Å²) in [6, 6.07) is 18.1. The number of carbonyl (C=O) groups excluding carboxylic acids is 1. The molecule has 0 radical (unpaired) electrons. The van der Waals surface area contributed by atoms with Crippen LogP contribution in [0.1, 0.15) is 21.5 Å². The third-order valence-corrected chi connectivity index (χ3v) is 5.17. The molecule has 0 unspecified atom stereocenters.